The van der Waals surface area contributed by atoms with E-state index in [1.54, 1.807) is 13.2 Å². The van der Waals surface area contributed by atoms with Crippen molar-refractivity contribution in [3.05, 3.63) is 51.4 Å². The van der Waals surface area contributed by atoms with Crippen LogP contribution in [0.25, 0.3) is 0 Å². The van der Waals surface area contributed by atoms with Crippen molar-refractivity contribution in [2.75, 3.05) is 49.5 Å². The first-order chi connectivity index (χ1) is 12.5. The molecule has 26 heavy (non-hydrogen) atoms. The van der Waals surface area contributed by atoms with Crippen LogP contribution in [0.5, 0.6) is 0 Å². The molecule has 1 aromatic carbocycles. The Bertz CT molecular complexity index is 799. The van der Waals surface area contributed by atoms with E-state index in [1.807, 2.05) is 0 Å². The van der Waals surface area contributed by atoms with Crippen molar-refractivity contribution >= 4 is 23.0 Å². The van der Waals surface area contributed by atoms with E-state index in [-0.39, 0.29) is 10.6 Å². The Kier molecular flexibility index (Phi) is 6.16. The maximum absolute atomic E-state index is 11.8. The van der Waals surface area contributed by atoms with Crippen LogP contribution < -0.4 is 15.8 Å². The van der Waals surface area contributed by atoms with E-state index in [0.29, 0.717) is 5.69 Å². The van der Waals surface area contributed by atoms with Gasteiger partial charge in [-0.1, -0.05) is 23.7 Å². The molecule has 2 aromatic rings. The molecule has 1 aliphatic heterocycles. The monoisotopic (exact) mass is 375 g/mol. The molecule has 0 aliphatic carbocycles. The largest absolute Gasteiger partial charge is 0.382 e. The lowest BCUT2D eigenvalue weighted by molar-refractivity contribution is 0.257. The Labute approximate surface area is 159 Å². The molecule has 1 saturated heterocycles. The van der Waals surface area contributed by atoms with Crippen molar-refractivity contribution < 1.29 is 0 Å². The van der Waals surface area contributed by atoms with Crippen molar-refractivity contribution in [3.8, 4) is 0 Å². The molecule has 0 atom stereocenters. The van der Waals surface area contributed by atoms with E-state index in [1.165, 1.54) is 15.9 Å². The van der Waals surface area contributed by atoms with Gasteiger partial charge in [-0.3, -0.25) is 9.69 Å². The lowest BCUT2D eigenvalue weighted by Gasteiger charge is -2.36. The average molecular weight is 376 g/mol. The molecule has 3 rings (SSSR count). The third-order valence-corrected chi connectivity index (χ3v) is 5.15. The zero-order chi connectivity index (χ0) is 18.5. The first kappa shape index (κ1) is 18.7. The van der Waals surface area contributed by atoms with Gasteiger partial charge in [0.15, 0.2) is 0 Å². The molecule has 1 aromatic heterocycles. The van der Waals surface area contributed by atoms with Gasteiger partial charge < -0.3 is 10.2 Å². The minimum Gasteiger partial charge on any atom is -0.382 e. The number of anilines is 2. The Morgan fingerprint density at radius 1 is 1.23 bits per heavy atom. The van der Waals surface area contributed by atoms with Crippen LogP contribution in [0, 0.1) is 6.92 Å². The highest BCUT2D eigenvalue weighted by Crippen LogP contribution is 2.18. The Balaban J connectivity index is 1.41. The van der Waals surface area contributed by atoms with Gasteiger partial charge in [-0.15, -0.1) is 0 Å². The van der Waals surface area contributed by atoms with Crippen LogP contribution in [0.1, 0.15) is 12.0 Å². The second-order valence-electron chi connectivity index (χ2n) is 6.75. The predicted octanol–water partition coefficient (Wildman–Crippen LogP) is 2.37. The van der Waals surface area contributed by atoms with E-state index in [4.69, 9.17) is 11.6 Å². The Morgan fingerprint density at radius 3 is 2.73 bits per heavy atom. The molecule has 0 radical (unpaired) electrons. The number of hydrogen-bond acceptors (Lipinski definition) is 5. The van der Waals surface area contributed by atoms with Crippen LogP contribution in [0.15, 0.2) is 35.3 Å². The van der Waals surface area contributed by atoms with Gasteiger partial charge in [-0.2, -0.15) is 5.10 Å². The van der Waals surface area contributed by atoms with Crippen LogP contribution in [-0.4, -0.2) is 53.9 Å². The fraction of sp³-hybridized carbons (Fsp3) is 0.474. The number of benzene rings is 1. The fourth-order valence-corrected chi connectivity index (χ4v) is 3.45. The normalized spacial score (nSPS) is 15.3. The summed E-state index contributed by atoms with van der Waals surface area (Å²) in [6.07, 6.45) is 2.60. The smallest absolute Gasteiger partial charge is 0.287 e. The van der Waals surface area contributed by atoms with E-state index in [0.717, 1.165) is 45.7 Å². The molecular weight excluding hydrogens is 350 g/mol. The zero-order valence-corrected chi connectivity index (χ0v) is 16.2. The number of rotatable bonds is 6. The molecular formula is C19H26ClN5O. The molecule has 140 valence electrons. The van der Waals surface area contributed by atoms with E-state index in [2.05, 4.69) is 51.4 Å². The van der Waals surface area contributed by atoms with Crippen LogP contribution in [0.3, 0.4) is 0 Å². The van der Waals surface area contributed by atoms with Crippen molar-refractivity contribution in [3.63, 3.8) is 0 Å². The number of aromatic nitrogens is 2. The van der Waals surface area contributed by atoms with Crippen molar-refractivity contribution in [1.29, 1.82) is 0 Å². The van der Waals surface area contributed by atoms with Gasteiger partial charge in [0.1, 0.15) is 5.02 Å². The molecule has 1 aliphatic rings. The van der Waals surface area contributed by atoms with Crippen LogP contribution in [0.4, 0.5) is 11.4 Å². The third kappa shape index (κ3) is 4.56. The summed E-state index contributed by atoms with van der Waals surface area (Å²) in [6.45, 7) is 8.20. The number of nitrogens with one attached hydrogen (secondary N) is 1. The lowest BCUT2D eigenvalue weighted by Crippen LogP contribution is -2.46. The van der Waals surface area contributed by atoms with Crippen LogP contribution >= 0.6 is 11.6 Å². The average Bonchev–Trinajstić information content (AvgIpc) is 2.65. The predicted molar refractivity (Wildman–Crippen MR) is 107 cm³/mol. The summed E-state index contributed by atoms with van der Waals surface area (Å²) in [6, 6.07) is 8.70. The summed E-state index contributed by atoms with van der Waals surface area (Å²) in [4.78, 5) is 16.7. The molecule has 0 saturated carbocycles. The standard InChI is InChI=1S/C19H26ClN5O/c1-15-5-3-6-16(13-15)25-11-9-24(10-12-25)8-4-7-21-17-14-22-23(2)19(26)18(17)20/h3,5-6,13-14,21H,4,7-12H2,1-2H3. The number of piperazine rings is 1. The van der Waals surface area contributed by atoms with Crippen molar-refractivity contribution in [1.82, 2.24) is 14.7 Å². The molecule has 7 heteroatoms. The zero-order valence-electron chi connectivity index (χ0n) is 15.4. The SMILES string of the molecule is Cc1cccc(N2CCN(CCCNc3cnn(C)c(=O)c3Cl)CC2)c1. The quantitative estimate of drug-likeness (QED) is 0.785. The summed E-state index contributed by atoms with van der Waals surface area (Å²) in [5.74, 6) is 0. The summed E-state index contributed by atoms with van der Waals surface area (Å²) in [5.41, 5.74) is 2.96. The van der Waals surface area contributed by atoms with Gasteiger partial charge in [0.25, 0.3) is 5.56 Å². The summed E-state index contributed by atoms with van der Waals surface area (Å²) < 4.78 is 1.24. The van der Waals surface area contributed by atoms with Gasteiger partial charge in [-0.25, -0.2) is 4.68 Å². The first-order valence-corrected chi connectivity index (χ1v) is 9.42. The van der Waals surface area contributed by atoms with Crippen LogP contribution in [-0.2, 0) is 7.05 Å². The molecule has 0 bridgehead atoms. The highest BCUT2D eigenvalue weighted by molar-refractivity contribution is 6.32. The van der Waals surface area contributed by atoms with E-state index in [9.17, 15) is 4.79 Å². The van der Waals surface area contributed by atoms with E-state index < -0.39 is 0 Å². The highest BCUT2D eigenvalue weighted by Gasteiger charge is 2.16. The van der Waals surface area contributed by atoms with E-state index >= 15 is 0 Å². The molecule has 0 amide bonds. The summed E-state index contributed by atoms with van der Waals surface area (Å²) in [7, 11) is 1.59. The summed E-state index contributed by atoms with van der Waals surface area (Å²) in [5, 5.41) is 7.41. The lowest BCUT2D eigenvalue weighted by atomic mass is 10.2. The molecule has 6 nitrogen and oxygen atoms in total. The van der Waals surface area contributed by atoms with Gasteiger partial charge >= 0.3 is 0 Å². The second-order valence-corrected chi connectivity index (χ2v) is 7.13. The number of aryl methyl sites for hydroxylation is 2. The minimum absolute atomic E-state index is 0.203. The first-order valence-electron chi connectivity index (χ1n) is 9.04. The highest BCUT2D eigenvalue weighted by atomic mass is 35.5. The number of nitrogens with zero attached hydrogens (tertiary/aromatic N) is 4. The van der Waals surface area contributed by atoms with Gasteiger partial charge in [0, 0.05) is 45.5 Å². The molecule has 1 N–H and O–H groups in total. The second kappa shape index (κ2) is 8.56. The number of hydrogen-bond donors (Lipinski definition) is 1. The van der Waals surface area contributed by atoms with Crippen molar-refractivity contribution in [2.45, 2.75) is 13.3 Å². The molecule has 0 unspecified atom stereocenters. The molecule has 1 fully saturated rings. The maximum Gasteiger partial charge on any atom is 0.287 e. The van der Waals surface area contributed by atoms with Gasteiger partial charge in [-0.05, 0) is 37.6 Å². The van der Waals surface area contributed by atoms with Gasteiger partial charge in [0.05, 0.1) is 11.9 Å². The Hall–Kier alpha value is -2.05. The van der Waals surface area contributed by atoms with Crippen molar-refractivity contribution in [2.24, 2.45) is 7.05 Å². The van der Waals surface area contributed by atoms with Crippen LogP contribution in [0.2, 0.25) is 5.02 Å². The topological polar surface area (TPSA) is 53.4 Å². The Morgan fingerprint density at radius 2 is 2.00 bits per heavy atom. The third-order valence-electron chi connectivity index (χ3n) is 4.78. The molecule has 2 heterocycles. The number of halogens is 1. The van der Waals surface area contributed by atoms with Gasteiger partial charge in [0.2, 0.25) is 0 Å². The minimum atomic E-state index is -0.274. The summed E-state index contributed by atoms with van der Waals surface area (Å²) >= 11 is 6.06. The molecule has 0 spiro atoms. The fourth-order valence-electron chi connectivity index (χ4n) is 3.21. The maximum atomic E-state index is 11.8.